The van der Waals surface area contributed by atoms with Crippen LogP contribution in [0.3, 0.4) is 0 Å². The number of benzene rings is 2. The third kappa shape index (κ3) is 2.17. The van der Waals surface area contributed by atoms with E-state index in [1.54, 1.807) is 6.07 Å². The highest BCUT2D eigenvalue weighted by Crippen LogP contribution is 2.41. The molecule has 0 unspecified atom stereocenters. The summed E-state index contributed by atoms with van der Waals surface area (Å²) in [5, 5.41) is 0. The Hall–Kier alpha value is -2.36. The number of ether oxygens (including phenoxy) is 1. The normalized spacial score (nSPS) is 14.6. The van der Waals surface area contributed by atoms with Crippen molar-refractivity contribution in [3.05, 3.63) is 48.1 Å². The minimum atomic E-state index is -0.367. The Morgan fingerprint density at radius 2 is 1.90 bits per heavy atom. The molecule has 0 bridgehead atoms. The second kappa shape index (κ2) is 4.58. The van der Waals surface area contributed by atoms with Crippen LogP contribution >= 0.6 is 0 Å². The van der Waals surface area contributed by atoms with E-state index >= 15 is 0 Å². The second-order valence-electron chi connectivity index (χ2n) is 5.36. The smallest absolute Gasteiger partial charge is 0.198 e. The van der Waals surface area contributed by atoms with Gasteiger partial charge in [0.1, 0.15) is 5.52 Å². The minimum Gasteiger partial charge on any atom is -0.494 e. The van der Waals surface area contributed by atoms with Gasteiger partial charge in [-0.3, -0.25) is 0 Å². The molecule has 1 aromatic heterocycles. The van der Waals surface area contributed by atoms with Gasteiger partial charge in [-0.15, -0.1) is 0 Å². The SMILES string of the molecule is COc1ccc(-c2ccc3oc(C4CC4)nc3c2)cc1F. The predicted octanol–water partition coefficient (Wildman–Crippen LogP) is 4.52. The summed E-state index contributed by atoms with van der Waals surface area (Å²) in [4.78, 5) is 4.53. The molecule has 0 spiro atoms. The lowest BCUT2D eigenvalue weighted by molar-refractivity contribution is 0.386. The highest BCUT2D eigenvalue weighted by atomic mass is 19.1. The highest BCUT2D eigenvalue weighted by molar-refractivity contribution is 5.80. The van der Waals surface area contributed by atoms with E-state index < -0.39 is 0 Å². The van der Waals surface area contributed by atoms with Crippen LogP contribution in [0, 0.1) is 5.82 Å². The Kier molecular flexibility index (Phi) is 2.70. The third-order valence-corrected chi connectivity index (χ3v) is 3.82. The average molecular weight is 283 g/mol. The van der Waals surface area contributed by atoms with E-state index in [1.807, 2.05) is 24.3 Å². The third-order valence-electron chi connectivity index (χ3n) is 3.82. The first-order valence-corrected chi connectivity index (χ1v) is 6.99. The Morgan fingerprint density at radius 1 is 1.14 bits per heavy atom. The lowest BCUT2D eigenvalue weighted by Gasteiger charge is -2.05. The number of nitrogens with zero attached hydrogens (tertiary/aromatic N) is 1. The maximum absolute atomic E-state index is 13.8. The van der Waals surface area contributed by atoms with E-state index in [9.17, 15) is 4.39 Å². The molecule has 0 N–H and O–H groups in total. The molecule has 106 valence electrons. The fraction of sp³-hybridized carbons (Fsp3) is 0.235. The zero-order valence-electron chi connectivity index (χ0n) is 11.6. The molecule has 4 heteroatoms. The molecule has 0 saturated heterocycles. The summed E-state index contributed by atoms with van der Waals surface area (Å²) in [7, 11) is 1.46. The Balaban J connectivity index is 1.77. The van der Waals surface area contributed by atoms with Crippen molar-refractivity contribution in [2.24, 2.45) is 0 Å². The van der Waals surface area contributed by atoms with Crippen LogP contribution in [0.1, 0.15) is 24.7 Å². The quantitative estimate of drug-likeness (QED) is 0.709. The summed E-state index contributed by atoms with van der Waals surface area (Å²) >= 11 is 0. The lowest BCUT2D eigenvalue weighted by atomic mass is 10.0. The number of hydrogen-bond donors (Lipinski definition) is 0. The molecule has 0 radical (unpaired) electrons. The van der Waals surface area contributed by atoms with Crippen LogP contribution in [0.5, 0.6) is 5.75 Å². The van der Waals surface area contributed by atoms with Gasteiger partial charge < -0.3 is 9.15 Å². The number of aromatic nitrogens is 1. The van der Waals surface area contributed by atoms with E-state index in [2.05, 4.69) is 4.98 Å². The molecule has 4 rings (SSSR count). The van der Waals surface area contributed by atoms with Crippen LogP contribution in [0.15, 0.2) is 40.8 Å². The summed E-state index contributed by atoms with van der Waals surface area (Å²) in [6, 6.07) is 10.7. The van der Waals surface area contributed by atoms with Gasteiger partial charge in [0.15, 0.2) is 23.0 Å². The van der Waals surface area contributed by atoms with Gasteiger partial charge in [0.2, 0.25) is 0 Å². The van der Waals surface area contributed by atoms with Gasteiger partial charge in [-0.25, -0.2) is 9.37 Å². The van der Waals surface area contributed by atoms with E-state index in [-0.39, 0.29) is 11.6 Å². The molecule has 3 aromatic rings. The van der Waals surface area contributed by atoms with E-state index in [1.165, 1.54) is 13.2 Å². The molecular weight excluding hydrogens is 269 g/mol. The van der Waals surface area contributed by atoms with Gasteiger partial charge >= 0.3 is 0 Å². The fourth-order valence-corrected chi connectivity index (χ4v) is 2.48. The van der Waals surface area contributed by atoms with Gasteiger partial charge in [0, 0.05) is 5.92 Å². The van der Waals surface area contributed by atoms with Gasteiger partial charge in [0.05, 0.1) is 7.11 Å². The van der Waals surface area contributed by atoms with E-state index in [0.29, 0.717) is 5.92 Å². The minimum absolute atomic E-state index is 0.247. The molecule has 3 nitrogen and oxygen atoms in total. The number of fused-ring (bicyclic) bond motifs is 1. The van der Waals surface area contributed by atoms with Gasteiger partial charge in [-0.05, 0) is 48.2 Å². The van der Waals surface area contributed by atoms with Crippen LogP contribution in [0.2, 0.25) is 0 Å². The van der Waals surface area contributed by atoms with Crippen molar-refractivity contribution in [2.75, 3.05) is 7.11 Å². The van der Waals surface area contributed by atoms with Crippen molar-refractivity contribution in [2.45, 2.75) is 18.8 Å². The maximum atomic E-state index is 13.8. The molecule has 1 heterocycles. The van der Waals surface area contributed by atoms with Crippen LogP contribution < -0.4 is 4.74 Å². The summed E-state index contributed by atoms with van der Waals surface area (Å²) < 4.78 is 24.5. The van der Waals surface area contributed by atoms with Crippen molar-refractivity contribution in [3.63, 3.8) is 0 Å². The van der Waals surface area contributed by atoms with Crippen LogP contribution in [0.4, 0.5) is 4.39 Å². The van der Waals surface area contributed by atoms with E-state index in [4.69, 9.17) is 9.15 Å². The summed E-state index contributed by atoms with van der Waals surface area (Å²) in [5.41, 5.74) is 3.33. The molecule has 0 atom stereocenters. The Labute approximate surface area is 121 Å². The van der Waals surface area contributed by atoms with Crippen LogP contribution in [-0.2, 0) is 0 Å². The van der Waals surface area contributed by atoms with Gasteiger partial charge in [0.25, 0.3) is 0 Å². The van der Waals surface area contributed by atoms with Crippen LogP contribution in [-0.4, -0.2) is 12.1 Å². The monoisotopic (exact) mass is 283 g/mol. The first-order chi connectivity index (χ1) is 10.2. The molecule has 2 aromatic carbocycles. The molecule has 0 aliphatic heterocycles. The van der Waals surface area contributed by atoms with E-state index in [0.717, 1.165) is 41.0 Å². The topological polar surface area (TPSA) is 35.3 Å². The van der Waals surface area contributed by atoms with Crippen molar-refractivity contribution >= 4 is 11.1 Å². The van der Waals surface area contributed by atoms with Crippen molar-refractivity contribution < 1.29 is 13.5 Å². The molecule has 1 fully saturated rings. The zero-order chi connectivity index (χ0) is 14.4. The summed E-state index contributed by atoms with van der Waals surface area (Å²) in [6.45, 7) is 0. The Bertz CT molecular complexity index is 821. The van der Waals surface area contributed by atoms with Crippen LogP contribution in [0.25, 0.3) is 22.2 Å². The molecule has 1 aliphatic rings. The molecule has 1 saturated carbocycles. The first-order valence-electron chi connectivity index (χ1n) is 6.99. The number of halogens is 1. The highest BCUT2D eigenvalue weighted by Gasteiger charge is 2.28. The number of rotatable bonds is 3. The maximum Gasteiger partial charge on any atom is 0.198 e. The molecule has 1 aliphatic carbocycles. The standard InChI is InChI=1S/C17H14FNO2/c1-20-15-6-4-11(8-13(15)18)12-5-7-16-14(9-12)19-17(21-16)10-2-3-10/h4-10H,2-3H2,1H3. The molecule has 0 amide bonds. The molecule has 21 heavy (non-hydrogen) atoms. The Morgan fingerprint density at radius 3 is 2.62 bits per heavy atom. The lowest BCUT2D eigenvalue weighted by Crippen LogP contribution is -1.88. The average Bonchev–Trinajstić information content (AvgIpc) is 3.26. The molecular formula is C17H14FNO2. The first kappa shape index (κ1) is 12.4. The number of oxazole rings is 1. The zero-order valence-corrected chi connectivity index (χ0v) is 11.6. The summed E-state index contributed by atoms with van der Waals surface area (Å²) in [6.07, 6.45) is 2.31. The van der Waals surface area contributed by atoms with Crippen molar-refractivity contribution in [1.82, 2.24) is 4.98 Å². The van der Waals surface area contributed by atoms with Gasteiger partial charge in [-0.1, -0.05) is 12.1 Å². The second-order valence-corrected chi connectivity index (χ2v) is 5.36. The van der Waals surface area contributed by atoms with Gasteiger partial charge in [-0.2, -0.15) is 0 Å². The van der Waals surface area contributed by atoms with Crippen molar-refractivity contribution in [1.29, 1.82) is 0 Å². The largest absolute Gasteiger partial charge is 0.494 e. The number of methoxy groups -OCH3 is 1. The predicted molar refractivity (Wildman–Crippen MR) is 77.9 cm³/mol. The van der Waals surface area contributed by atoms with Crippen molar-refractivity contribution in [3.8, 4) is 16.9 Å². The summed E-state index contributed by atoms with van der Waals surface area (Å²) in [5.74, 6) is 1.19. The number of hydrogen-bond acceptors (Lipinski definition) is 3. The fourth-order valence-electron chi connectivity index (χ4n) is 2.48.